The predicted octanol–water partition coefficient (Wildman–Crippen LogP) is 4.09. The van der Waals surface area contributed by atoms with Crippen molar-refractivity contribution in [2.45, 2.75) is 43.5 Å². The van der Waals surface area contributed by atoms with Gasteiger partial charge in [-0.15, -0.1) is 0 Å². The molecule has 0 unspecified atom stereocenters. The second-order valence-corrected chi connectivity index (χ2v) is 9.97. The van der Waals surface area contributed by atoms with Gasteiger partial charge in [-0.2, -0.15) is 4.31 Å². The lowest BCUT2D eigenvalue weighted by molar-refractivity contribution is -0.148. The molecule has 0 amide bonds. The van der Waals surface area contributed by atoms with Crippen LogP contribution in [0.15, 0.2) is 89.8 Å². The van der Waals surface area contributed by atoms with E-state index >= 15 is 0 Å². The summed E-state index contributed by atoms with van der Waals surface area (Å²) in [4.78, 5) is 12.7. The van der Waals surface area contributed by atoms with E-state index < -0.39 is 28.3 Å². The van der Waals surface area contributed by atoms with E-state index in [1.807, 2.05) is 67.6 Å². The zero-order valence-corrected chi connectivity index (χ0v) is 19.3. The van der Waals surface area contributed by atoms with Crippen LogP contribution in [0.5, 0.6) is 0 Å². The summed E-state index contributed by atoms with van der Waals surface area (Å²) in [5.41, 5.74) is 2.83. The van der Waals surface area contributed by atoms with Crippen molar-refractivity contribution in [3.05, 3.63) is 102 Å². The second kappa shape index (κ2) is 10.3. The summed E-state index contributed by atoms with van der Waals surface area (Å²) in [5.74, 6) is -0.506. The summed E-state index contributed by atoms with van der Waals surface area (Å²) in [6, 6.07) is 25.3. The molecule has 2 atom stereocenters. The van der Waals surface area contributed by atoms with Crippen LogP contribution in [0.4, 0.5) is 0 Å². The lowest BCUT2D eigenvalue weighted by Crippen LogP contribution is -2.43. The Kier molecular flexibility index (Phi) is 7.23. The molecule has 0 aliphatic carbocycles. The first kappa shape index (κ1) is 23.2. The molecule has 0 bridgehead atoms. The number of ether oxygens (including phenoxy) is 2. The molecule has 0 spiro atoms. The monoisotopic (exact) mass is 465 g/mol. The third kappa shape index (κ3) is 5.68. The number of benzene rings is 3. The summed E-state index contributed by atoms with van der Waals surface area (Å²) >= 11 is 0. The molecule has 3 aromatic carbocycles. The Hall–Kier alpha value is -3.00. The van der Waals surface area contributed by atoms with Crippen LogP contribution >= 0.6 is 0 Å². The maximum Gasteiger partial charge on any atom is 0.310 e. The molecule has 6 nitrogen and oxygen atoms in total. The molecule has 4 rings (SSSR count). The summed E-state index contributed by atoms with van der Waals surface area (Å²) in [5, 5.41) is 0. The molecule has 1 aliphatic heterocycles. The highest BCUT2D eigenvalue weighted by Gasteiger charge is 2.44. The molecule has 1 saturated heterocycles. The first-order valence-electron chi connectivity index (χ1n) is 10.9. The predicted molar refractivity (Wildman–Crippen MR) is 125 cm³/mol. The van der Waals surface area contributed by atoms with Gasteiger partial charge in [0, 0.05) is 0 Å². The van der Waals surface area contributed by atoms with E-state index in [2.05, 4.69) is 0 Å². The topological polar surface area (TPSA) is 72.9 Å². The van der Waals surface area contributed by atoms with Crippen molar-refractivity contribution in [3.8, 4) is 0 Å². The number of hydrogen-bond donors (Lipinski definition) is 0. The van der Waals surface area contributed by atoms with Crippen LogP contribution in [-0.2, 0) is 37.3 Å². The zero-order valence-electron chi connectivity index (χ0n) is 18.5. The van der Waals surface area contributed by atoms with Gasteiger partial charge in [-0.3, -0.25) is 4.79 Å². The SMILES string of the molecule is Cc1ccc(S(=O)(=O)N2[C@@H](Cc3ccccc3)CO[C@H]2CC(=O)OCc2ccccc2)cc1. The number of aryl methyl sites for hydroxylation is 1. The van der Waals surface area contributed by atoms with Gasteiger partial charge in [0.15, 0.2) is 0 Å². The van der Waals surface area contributed by atoms with Gasteiger partial charge in [0.1, 0.15) is 12.8 Å². The quantitative estimate of drug-likeness (QED) is 0.469. The van der Waals surface area contributed by atoms with Crippen molar-refractivity contribution in [2.75, 3.05) is 6.61 Å². The van der Waals surface area contributed by atoms with Gasteiger partial charge in [-0.25, -0.2) is 8.42 Å². The first-order valence-corrected chi connectivity index (χ1v) is 12.3. The van der Waals surface area contributed by atoms with E-state index in [1.165, 1.54) is 4.31 Å². The van der Waals surface area contributed by atoms with Crippen LogP contribution in [0, 0.1) is 6.92 Å². The fourth-order valence-electron chi connectivity index (χ4n) is 3.91. The van der Waals surface area contributed by atoms with Crippen LogP contribution in [0.1, 0.15) is 23.1 Å². The molecule has 1 aliphatic rings. The molecule has 7 heteroatoms. The minimum atomic E-state index is -3.89. The first-order chi connectivity index (χ1) is 15.9. The third-order valence-corrected chi connectivity index (χ3v) is 7.58. The van der Waals surface area contributed by atoms with Crippen LogP contribution in [0.2, 0.25) is 0 Å². The van der Waals surface area contributed by atoms with Crippen LogP contribution in [0.25, 0.3) is 0 Å². The summed E-state index contributed by atoms with van der Waals surface area (Å²) in [6.45, 7) is 2.24. The Morgan fingerprint density at radius 2 is 1.55 bits per heavy atom. The molecule has 172 valence electrons. The van der Waals surface area contributed by atoms with E-state index in [-0.39, 0.29) is 24.5 Å². The number of esters is 1. The van der Waals surface area contributed by atoms with Crippen LogP contribution in [0.3, 0.4) is 0 Å². The Labute approximate surface area is 194 Å². The molecule has 33 heavy (non-hydrogen) atoms. The molecule has 1 fully saturated rings. The Bertz CT molecular complexity index is 1160. The van der Waals surface area contributed by atoms with Gasteiger partial charge in [0.05, 0.1) is 24.0 Å². The minimum absolute atomic E-state index is 0.130. The van der Waals surface area contributed by atoms with Gasteiger partial charge in [-0.1, -0.05) is 78.4 Å². The van der Waals surface area contributed by atoms with Gasteiger partial charge in [-0.05, 0) is 36.6 Å². The van der Waals surface area contributed by atoms with Crippen molar-refractivity contribution >= 4 is 16.0 Å². The molecule has 0 saturated carbocycles. The molecule has 0 aromatic heterocycles. The Morgan fingerprint density at radius 1 is 0.939 bits per heavy atom. The van der Waals surface area contributed by atoms with Gasteiger partial charge in [0.2, 0.25) is 10.0 Å². The summed E-state index contributed by atoms with van der Waals surface area (Å²) < 4.78 is 39.8. The number of nitrogens with zero attached hydrogens (tertiary/aromatic N) is 1. The fraction of sp³-hybridized carbons (Fsp3) is 0.269. The lowest BCUT2D eigenvalue weighted by atomic mass is 10.1. The summed E-state index contributed by atoms with van der Waals surface area (Å²) in [6.07, 6.45) is -0.613. The zero-order chi connectivity index (χ0) is 23.3. The average molecular weight is 466 g/mol. The van der Waals surface area contributed by atoms with E-state index in [1.54, 1.807) is 24.3 Å². The highest BCUT2D eigenvalue weighted by atomic mass is 32.2. The van der Waals surface area contributed by atoms with Crippen LogP contribution in [-0.4, -0.2) is 37.6 Å². The normalized spacial score (nSPS) is 18.8. The van der Waals surface area contributed by atoms with E-state index in [4.69, 9.17) is 9.47 Å². The second-order valence-electron chi connectivity index (χ2n) is 8.13. The van der Waals surface area contributed by atoms with Crippen molar-refractivity contribution in [3.63, 3.8) is 0 Å². The minimum Gasteiger partial charge on any atom is -0.461 e. The molecule has 1 heterocycles. The van der Waals surface area contributed by atoms with E-state index in [0.29, 0.717) is 6.42 Å². The third-order valence-electron chi connectivity index (χ3n) is 5.62. The van der Waals surface area contributed by atoms with E-state index in [0.717, 1.165) is 16.7 Å². The molecule has 0 N–H and O–H groups in total. The highest BCUT2D eigenvalue weighted by Crippen LogP contribution is 2.30. The average Bonchev–Trinajstić information content (AvgIpc) is 3.22. The molecule has 0 radical (unpaired) electrons. The Morgan fingerprint density at radius 3 is 2.18 bits per heavy atom. The number of rotatable bonds is 8. The van der Waals surface area contributed by atoms with Gasteiger partial charge < -0.3 is 9.47 Å². The smallest absolute Gasteiger partial charge is 0.310 e. The van der Waals surface area contributed by atoms with E-state index in [9.17, 15) is 13.2 Å². The number of hydrogen-bond acceptors (Lipinski definition) is 5. The largest absolute Gasteiger partial charge is 0.461 e. The Balaban J connectivity index is 1.54. The van der Waals surface area contributed by atoms with Crippen LogP contribution < -0.4 is 0 Å². The maximum absolute atomic E-state index is 13.6. The van der Waals surface area contributed by atoms with Crippen molar-refractivity contribution in [1.82, 2.24) is 4.31 Å². The number of sulfonamides is 1. The summed E-state index contributed by atoms with van der Waals surface area (Å²) in [7, 11) is -3.89. The van der Waals surface area contributed by atoms with Gasteiger partial charge in [0.25, 0.3) is 0 Å². The lowest BCUT2D eigenvalue weighted by Gasteiger charge is -2.27. The van der Waals surface area contributed by atoms with Crippen molar-refractivity contribution < 1.29 is 22.7 Å². The van der Waals surface area contributed by atoms with Crippen molar-refractivity contribution in [1.29, 1.82) is 0 Å². The standard InChI is InChI=1S/C26H27NO5S/c1-20-12-14-24(15-13-20)33(29,30)27-23(16-21-8-4-2-5-9-21)19-31-25(27)17-26(28)32-18-22-10-6-3-7-11-22/h2-15,23,25H,16-19H2,1H3/t23-,25-/m0/s1. The van der Waals surface area contributed by atoms with Gasteiger partial charge >= 0.3 is 5.97 Å². The molecule has 3 aromatic rings. The highest BCUT2D eigenvalue weighted by molar-refractivity contribution is 7.89. The fourth-order valence-corrected chi connectivity index (χ4v) is 5.61. The maximum atomic E-state index is 13.6. The number of carbonyl (C=O) groups is 1. The number of carbonyl (C=O) groups excluding carboxylic acids is 1. The van der Waals surface area contributed by atoms with Crippen molar-refractivity contribution in [2.24, 2.45) is 0 Å². The molecular weight excluding hydrogens is 438 g/mol. The molecular formula is C26H27NO5S.